The van der Waals surface area contributed by atoms with Crippen LogP contribution in [0, 0.1) is 5.41 Å². The molecule has 0 spiro atoms. The lowest BCUT2D eigenvalue weighted by atomic mass is 9.95. The summed E-state index contributed by atoms with van der Waals surface area (Å²) < 4.78 is 35.8. The number of rotatable bonds is 13. The molecule has 0 aliphatic carbocycles. The fraction of sp³-hybridized carbons (Fsp3) is 0.619. The van der Waals surface area contributed by atoms with E-state index in [9.17, 15) is 32.7 Å². The van der Waals surface area contributed by atoms with Crippen molar-refractivity contribution in [2.24, 2.45) is 10.6 Å². The smallest absolute Gasteiger partial charge is 0.365 e. The Kier molecular flexibility index (Phi) is 9.44. The molecular weight excluding hydrogens is 546 g/mol. The number of esters is 1. The normalized spacial score (nSPS) is 18.5. The number of nitrogens with two attached hydrogens (primary N) is 1. The van der Waals surface area contributed by atoms with Gasteiger partial charge in [0.25, 0.3) is 11.8 Å². The van der Waals surface area contributed by atoms with Crippen LogP contribution in [-0.4, -0.2) is 83.2 Å². The van der Waals surface area contributed by atoms with E-state index in [2.05, 4.69) is 15.5 Å². The molecule has 2 amide bonds. The summed E-state index contributed by atoms with van der Waals surface area (Å²) in [7, 11) is -4.61. The van der Waals surface area contributed by atoms with E-state index in [1.165, 1.54) is 40.0 Å². The minimum Gasteiger partial charge on any atom is -0.478 e. The van der Waals surface area contributed by atoms with Gasteiger partial charge in [-0.2, -0.15) is 8.42 Å². The number of anilines is 1. The lowest BCUT2D eigenvalue weighted by Crippen LogP contribution is -2.71. The van der Waals surface area contributed by atoms with Crippen molar-refractivity contribution in [3.05, 3.63) is 11.1 Å². The number of aliphatic carboxylic acids is 1. The monoisotopic (exact) mass is 577 g/mol. The number of aromatic nitrogens is 1. The summed E-state index contributed by atoms with van der Waals surface area (Å²) in [6.07, 6.45) is 0.583. The van der Waals surface area contributed by atoms with Crippen LogP contribution in [0.15, 0.2) is 10.5 Å². The largest absolute Gasteiger partial charge is 0.478 e. The molecule has 1 fully saturated rings. The Balaban J connectivity index is 2.14. The quantitative estimate of drug-likeness (QED) is 0.124. The van der Waals surface area contributed by atoms with Crippen LogP contribution in [0.5, 0.6) is 0 Å². The van der Waals surface area contributed by atoms with Gasteiger partial charge in [0.2, 0.25) is 5.60 Å². The van der Waals surface area contributed by atoms with E-state index < -0.39 is 69.5 Å². The number of nitrogens with one attached hydrogen (secondary N) is 1. The number of nitrogen functional groups attached to an aromatic ring is 1. The SMILES string of the molecule is CCCOC(=O)C(C)(C)COS(=O)(=O)N1C(=O)[C@@H](NC(=O)C(=NOC(C)(C)C(=O)O)c2csc(N)n2)[C@@H]1C. The molecule has 0 unspecified atom stereocenters. The molecule has 15 nitrogen and oxygen atoms in total. The molecule has 0 saturated carbocycles. The van der Waals surface area contributed by atoms with Gasteiger partial charge < -0.3 is 25.7 Å². The summed E-state index contributed by atoms with van der Waals surface area (Å²) in [5.41, 5.74) is 1.98. The molecule has 0 radical (unpaired) electrons. The van der Waals surface area contributed by atoms with Crippen molar-refractivity contribution in [3.63, 3.8) is 0 Å². The number of hydrogen-bond acceptors (Lipinski definition) is 13. The maximum Gasteiger partial charge on any atom is 0.365 e. The highest BCUT2D eigenvalue weighted by molar-refractivity contribution is 7.85. The van der Waals surface area contributed by atoms with Crippen molar-refractivity contribution < 1.29 is 46.5 Å². The van der Waals surface area contributed by atoms with E-state index in [4.69, 9.17) is 19.5 Å². The number of thiazole rings is 1. The van der Waals surface area contributed by atoms with Crippen molar-refractivity contribution >= 4 is 56.2 Å². The standard InChI is InChI=1S/C21H31N5O10S2/c1-7-8-34-18(31)20(3,4)10-35-38(32,33)26-11(2)13(16(26)28)24-15(27)14(12-9-37-19(22)23-12)25-36-21(5,6)17(29)30/h9,11,13H,7-8,10H2,1-6H3,(H2,22,23)(H,24,27)(H,29,30)/t11-,13-/m0/s1. The van der Waals surface area contributed by atoms with Gasteiger partial charge in [0, 0.05) is 5.38 Å². The Labute approximate surface area is 223 Å². The molecule has 2 heterocycles. The van der Waals surface area contributed by atoms with E-state index in [1.807, 2.05) is 0 Å². The Bertz CT molecular complexity index is 1220. The zero-order valence-corrected chi connectivity index (χ0v) is 23.3. The van der Waals surface area contributed by atoms with Gasteiger partial charge in [-0.3, -0.25) is 18.6 Å². The number of carboxylic acid groups (broad SMARTS) is 1. The second kappa shape index (κ2) is 11.6. The van der Waals surface area contributed by atoms with Crippen molar-refractivity contribution in [3.8, 4) is 0 Å². The number of nitrogens with zero attached hydrogens (tertiary/aromatic N) is 3. The number of β-lactam (4-membered cyclic amide) rings is 1. The Hall–Kier alpha value is -3.31. The molecule has 0 bridgehead atoms. The van der Waals surface area contributed by atoms with Crippen LogP contribution < -0.4 is 11.1 Å². The van der Waals surface area contributed by atoms with Crippen LogP contribution in [0.3, 0.4) is 0 Å². The highest BCUT2D eigenvalue weighted by Gasteiger charge is 2.53. The topological polar surface area (TPSA) is 217 Å². The highest BCUT2D eigenvalue weighted by Crippen LogP contribution is 2.27. The number of amides is 2. The number of oxime groups is 1. The molecule has 212 valence electrons. The van der Waals surface area contributed by atoms with Gasteiger partial charge in [-0.15, -0.1) is 11.3 Å². The summed E-state index contributed by atoms with van der Waals surface area (Å²) in [5, 5.41) is 16.7. The van der Waals surface area contributed by atoms with Crippen LogP contribution in [0.4, 0.5) is 5.13 Å². The molecule has 1 saturated heterocycles. The first-order chi connectivity index (χ1) is 17.4. The minimum absolute atomic E-state index is 0.0457. The second-order valence-electron chi connectivity index (χ2n) is 9.48. The summed E-state index contributed by atoms with van der Waals surface area (Å²) in [6, 6.07) is -2.36. The van der Waals surface area contributed by atoms with E-state index in [0.29, 0.717) is 10.7 Å². The predicted octanol–water partition coefficient (Wildman–Crippen LogP) is 0.266. The third kappa shape index (κ3) is 6.96. The molecule has 2 atom stereocenters. The maximum atomic E-state index is 13.0. The highest BCUT2D eigenvalue weighted by atomic mass is 32.2. The van der Waals surface area contributed by atoms with Crippen molar-refractivity contribution in [1.82, 2.24) is 14.6 Å². The fourth-order valence-electron chi connectivity index (χ4n) is 2.83. The zero-order valence-electron chi connectivity index (χ0n) is 21.7. The van der Waals surface area contributed by atoms with Gasteiger partial charge in [-0.25, -0.2) is 14.1 Å². The molecule has 1 aromatic heterocycles. The molecule has 1 aliphatic heterocycles. The number of carbonyl (C=O) groups is 4. The number of carbonyl (C=O) groups excluding carboxylic acids is 3. The number of hydrogen-bond donors (Lipinski definition) is 3. The first-order valence-corrected chi connectivity index (χ1v) is 13.6. The molecule has 17 heteroatoms. The number of carboxylic acids is 1. The maximum absolute atomic E-state index is 13.0. The van der Waals surface area contributed by atoms with E-state index in [-0.39, 0.29) is 17.4 Å². The summed E-state index contributed by atoms with van der Waals surface area (Å²) in [6.45, 7) is 8.02. The van der Waals surface area contributed by atoms with Crippen LogP contribution in [0.2, 0.25) is 0 Å². The van der Waals surface area contributed by atoms with E-state index >= 15 is 0 Å². The molecule has 4 N–H and O–H groups in total. The average Bonchev–Trinajstić information content (AvgIpc) is 3.25. The molecule has 1 aromatic rings. The fourth-order valence-corrected chi connectivity index (χ4v) is 4.80. The van der Waals surface area contributed by atoms with E-state index in [0.717, 1.165) is 11.3 Å². The average molecular weight is 578 g/mol. The van der Waals surface area contributed by atoms with Gasteiger partial charge in [0.15, 0.2) is 10.8 Å². The first-order valence-electron chi connectivity index (χ1n) is 11.4. The van der Waals surface area contributed by atoms with Gasteiger partial charge in [0.1, 0.15) is 11.7 Å². The van der Waals surface area contributed by atoms with Crippen molar-refractivity contribution in [2.75, 3.05) is 18.9 Å². The molecule has 38 heavy (non-hydrogen) atoms. The summed E-state index contributed by atoms with van der Waals surface area (Å²) in [5.74, 6) is -4.00. The second-order valence-corrected chi connectivity index (χ2v) is 11.9. The van der Waals surface area contributed by atoms with Crippen molar-refractivity contribution in [2.45, 2.75) is 65.6 Å². The Morgan fingerprint density at radius 1 is 1.29 bits per heavy atom. The van der Waals surface area contributed by atoms with Gasteiger partial charge >= 0.3 is 22.2 Å². The first kappa shape index (κ1) is 30.9. The lowest BCUT2D eigenvalue weighted by molar-refractivity contribution is -0.161. The van der Waals surface area contributed by atoms with Crippen molar-refractivity contribution in [1.29, 1.82) is 0 Å². The Morgan fingerprint density at radius 2 is 1.92 bits per heavy atom. The number of ether oxygens (including phenoxy) is 1. The van der Waals surface area contributed by atoms with Gasteiger partial charge in [-0.1, -0.05) is 12.1 Å². The van der Waals surface area contributed by atoms with Crippen LogP contribution in [0.25, 0.3) is 0 Å². The van der Waals surface area contributed by atoms with Crippen LogP contribution in [-0.2, 0) is 43.2 Å². The van der Waals surface area contributed by atoms with Crippen LogP contribution in [0.1, 0.15) is 53.7 Å². The zero-order chi connectivity index (χ0) is 29.1. The lowest BCUT2D eigenvalue weighted by Gasteiger charge is -2.43. The third-order valence-electron chi connectivity index (χ3n) is 5.28. The Morgan fingerprint density at radius 3 is 2.42 bits per heavy atom. The third-order valence-corrected chi connectivity index (χ3v) is 7.37. The summed E-state index contributed by atoms with van der Waals surface area (Å²) >= 11 is 0.977. The minimum atomic E-state index is -4.61. The van der Waals surface area contributed by atoms with E-state index in [1.54, 1.807) is 6.92 Å². The van der Waals surface area contributed by atoms with Gasteiger partial charge in [0.05, 0.1) is 24.7 Å². The molecule has 0 aromatic carbocycles. The predicted molar refractivity (Wildman–Crippen MR) is 134 cm³/mol. The van der Waals surface area contributed by atoms with Crippen LogP contribution >= 0.6 is 11.3 Å². The molecule has 1 aliphatic rings. The van der Waals surface area contributed by atoms with Gasteiger partial charge in [-0.05, 0) is 41.0 Å². The molecular formula is C21H31N5O10S2. The molecule has 2 rings (SSSR count). The summed E-state index contributed by atoms with van der Waals surface area (Å²) in [4.78, 5) is 58.1.